The van der Waals surface area contributed by atoms with Crippen LogP contribution in [0.2, 0.25) is 0 Å². The Kier molecular flexibility index (Phi) is 10.9. The minimum Gasteiger partial charge on any atom is -0.379 e. The molecule has 0 aromatic heterocycles. The minimum absolute atomic E-state index is 0. The summed E-state index contributed by atoms with van der Waals surface area (Å²) in [6, 6.07) is 9.88. The van der Waals surface area contributed by atoms with Crippen LogP contribution in [-0.2, 0) is 11.3 Å². The predicted molar refractivity (Wildman–Crippen MR) is 132 cm³/mol. The van der Waals surface area contributed by atoms with Crippen LogP contribution in [0.5, 0.6) is 0 Å². The van der Waals surface area contributed by atoms with Gasteiger partial charge in [0, 0.05) is 38.1 Å². The number of aliphatic imine (C=N–C) groups is 1. The van der Waals surface area contributed by atoms with Crippen molar-refractivity contribution in [1.29, 1.82) is 5.26 Å². The van der Waals surface area contributed by atoms with Gasteiger partial charge >= 0.3 is 0 Å². The molecule has 1 heterocycles. The Balaban J connectivity index is 0.00000320. The summed E-state index contributed by atoms with van der Waals surface area (Å²) in [4.78, 5) is 7.35. The molecule has 7 heteroatoms. The Morgan fingerprint density at radius 3 is 2.67 bits per heavy atom. The van der Waals surface area contributed by atoms with Gasteiger partial charge in [-0.2, -0.15) is 5.26 Å². The number of nitrogens with zero attached hydrogens (tertiary/aromatic N) is 3. The number of ether oxygens (including phenoxy) is 1. The topological polar surface area (TPSA) is 72.7 Å². The fourth-order valence-electron chi connectivity index (χ4n) is 4.45. The number of hydrogen-bond acceptors (Lipinski definition) is 4. The first kappa shape index (κ1) is 24.9. The van der Waals surface area contributed by atoms with Gasteiger partial charge in [-0.3, -0.25) is 4.90 Å². The number of halogens is 1. The maximum Gasteiger partial charge on any atom is 0.191 e. The molecule has 2 N–H and O–H groups in total. The Morgan fingerprint density at radius 2 is 1.97 bits per heavy atom. The summed E-state index contributed by atoms with van der Waals surface area (Å²) >= 11 is 0. The summed E-state index contributed by atoms with van der Waals surface area (Å²) in [6.45, 7) is 9.40. The van der Waals surface area contributed by atoms with Crippen LogP contribution >= 0.6 is 24.0 Å². The maximum atomic E-state index is 9.09. The second kappa shape index (κ2) is 13.1. The fraction of sp³-hybridized carbons (Fsp3) is 0.652. The number of morpholine rings is 1. The molecule has 2 fully saturated rings. The molecule has 1 aliphatic carbocycles. The van der Waals surface area contributed by atoms with E-state index in [9.17, 15) is 0 Å². The Hall–Kier alpha value is -1.37. The highest BCUT2D eigenvalue weighted by Gasteiger charge is 2.34. The number of hydrogen-bond donors (Lipinski definition) is 2. The fourth-order valence-corrected chi connectivity index (χ4v) is 4.45. The molecule has 6 nitrogen and oxygen atoms in total. The zero-order valence-electron chi connectivity index (χ0n) is 18.2. The highest BCUT2D eigenvalue weighted by atomic mass is 127. The SMILES string of the molecule is CCNC(=NCc1cccc(C#N)c1)NCC1(CN2CCOCC2)CCCCC1.I. The third-order valence-electron chi connectivity index (χ3n) is 6.03. The van der Waals surface area contributed by atoms with E-state index in [1.165, 1.54) is 32.1 Å². The minimum atomic E-state index is 0. The maximum absolute atomic E-state index is 9.09. The molecule has 1 saturated carbocycles. The van der Waals surface area contributed by atoms with Crippen molar-refractivity contribution in [2.45, 2.75) is 45.6 Å². The third-order valence-corrected chi connectivity index (χ3v) is 6.03. The number of rotatable bonds is 7. The molecular weight excluding hydrogens is 489 g/mol. The van der Waals surface area contributed by atoms with E-state index >= 15 is 0 Å². The lowest BCUT2D eigenvalue weighted by atomic mass is 9.73. The van der Waals surface area contributed by atoms with E-state index in [1.807, 2.05) is 24.3 Å². The Morgan fingerprint density at radius 1 is 1.20 bits per heavy atom. The van der Waals surface area contributed by atoms with E-state index in [1.54, 1.807) is 0 Å². The van der Waals surface area contributed by atoms with Crippen molar-refractivity contribution >= 4 is 29.9 Å². The average Bonchev–Trinajstić information content (AvgIpc) is 2.77. The monoisotopic (exact) mass is 525 g/mol. The van der Waals surface area contributed by atoms with E-state index in [0.717, 1.165) is 57.5 Å². The average molecular weight is 525 g/mol. The molecule has 1 saturated heterocycles. The third kappa shape index (κ3) is 7.71. The predicted octanol–water partition coefficient (Wildman–Crippen LogP) is 3.51. The van der Waals surface area contributed by atoms with Crippen molar-refractivity contribution in [2.24, 2.45) is 10.4 Å². The molecule has 2 aliphatic rings. The summed E-state index contributed by atoms with van der Waals surface area (Å²) in [7, 11) is 0. The zero-order chi connectivity index (χ0) is 20.4. The smallest absolute Gasteiger partial charge is 0.191 e. The van der Waals surface area contributed by atoms with Crippen LogP contribution < -0.4 is 10.6 Å². The van der Waals surface area contributed by atoms with Gasteiger partial charge in [0.1, 0.15) is 0 Å². The molecular formula is C23H36IN5O. The number of benzene rings is 1. The molecule has 1 aliphatic heterocycles. The number of nitriles is 1. The molecule has 0 unspecified atom stereocenters. The van der Waals surface area contributed by atoms with Gasteiger partial charge in [0.2, 0.25) is 0 Å². The van der Waals surface area contributed by atoms with Gasteiger partial charge in [0.05, 0.1) is 31.4 Å². The van der Waals surface area contributed by atoms with Gasteiger partial charge in [-0.1, -0.05) is 31.4 Å². The van der Waals surface area contributed by atoms with Gasteiger partial charge in [0.15, 0.2) is 5.96 Å². The first-order chi connectivity index (χ1) is 14.2. The van der Waals surface area contributed by atoms with Crippen LogP contribution in [0.15, 0.2) is 29.3 Å². The molecule has 3 rings (SSSR count). The van der Waals surface area contributed by atoms with E-state index in [-0.39, 0.29) is 24.0 Å². The van der Waals surface area contributed by atoms with Crippen LogP contribution in [0.3, 0.4) is 0 Å². The molecule has 0 atom stereocenters. The van der Waals surface area contributed by atoms with E-state index in [2.05, 4.69) is 28.5 Å². The van der Waals surface area contributed by atoms with Crippen molar-refractivity contribution in [3.8, 4) is 6.07 Å². The lowest BCUT2D eigenvalue weighted by Crippen LogP contribution is -2.51. The standard InChI is InChI=1S/C23H35N5O.HI/c1-2-25-22(26-17-21-8-6-7-20(15-21)16-24)27-18-23(9-4-3-5-10-23)19-28-11-13-29-14-12-28;/h6-8,15H,2-5,9-14,17-19H2,1H3,(H2,25,26,27);1H. The zero-order valence-corrected chi connectivity index (χ0v) is 20.5. The highest BCUT2D eigenvalue weighted by Crippen LogP contribution is 2.36. The van der Waals surface area contributed by atoms with Gasteiger partial charge in [-0.15, -0.1) is 24.0 Å². The lowest BCUT2D eigenvalue weighted by Gasteiger charge is -2.42. The van der Waals surface area contributed by atoms with Crippen molar-refractivity contribution in [3.05, 3.63) is 35.4 Å². The van der Waals surface area contributed by atoms with Crippen LogP contribution in [0.4, 0.5) is 0 Å². The molecule has 1 aromatic rings. The summed E-state index contributed by atoms with van der Waals surface area (Å²) in [6.07, 6.45) is 6.55. The first-order valence-corrected chi connectivity index (χ1v) is 11.0. The summed E-state index contributed by atoms with van der Waals surface area (Å²) in [5, 5.41) is 16.1. The van der Waals surface area contributed by atoms with Crippen LogP contribution in [0.25, 0.3) is 0 Å². The van der Waals surface area contributed by atoms with Crippen LogP contribution in [0, 0.1) is 16.7 Å². The van der Waals surface area contributed by atoms with Crippen molar-refractivity contribution < 1.29 is 4.74 Å². The largest absolute Gasteiger partial charge is 0.379 e. The van der Waals surface area contributed by atoms with E-state index in [4.69, 9.17) is 15.0 Å². The van der Waals surface area contributed by atoms with Gasteiger partial charge < -0.3 is 15.4 Å². The van der Waals surface area contributed by atoms with E-state index < -0.39 is 0 Å². The molecule has 30 heavy (non-hydrogen) atoms. The summed E-state index contributed by atoms with van der Waals surface area (Å²) in [5.74, 6) is 0.863. The highest BCUT2D eigenvalue weighted by molar-refractivity contribution is 14.0. The molecule has 1 aromatic carbocycles. The Bertz CT molecular complexity index is 706. The molecule has 0 spiro atoms. The lowest BCUT2D eigenvalue weighted by molar-refractivity contribution is 0.00820. The van der Waals surface area contributed by atoms with Gasteiger partial charge in [-0.05, 0) is 37.5 Å². The van der Waals surface area contributed by atoms with Gasteiger partial charge in [-0.25, -0.2) is 4.99 Å². The van der Waals surface area contributed by atoms with Crippen molar-refractivity contribution in [2.75, 3.05) is 45.9 Å². The Labute approximate surface area is 198 Å². The second-order valence-electron chi connectivity index (χ2n) is 8.31. The summed E-state index contributed by atoms with van der Waals surface area (Å²) < 4.78 is 5.54. The van der Waals surface area contributed by atoms with Crippen LogP contribution in [-0.4, -0.2) is 56.8 Å². The van der Waals surface area contributed by atoms with Crippen LogP contribution in [0.1, 0.15) is 50.2 Å². The first-order valence-electron chi connectivity index (χ1n) is 11.0. The second-order valence-corrected chi connectivity index (χ2v) is 8.31. The number of guanidine groups is 1. The van der Waals surface area contributed by atoms with Gasteiger partial charge in [0.25, 0.3) is 0 Å². The summed E-state index contributed by atoms with van der Waals surface area (Å²) in [5.41, 5.74) is 2.05. The molecule has 0 radical (unpaired) electrons. The van der Waals surface area contributed by atoms with E-state index in [0.29, 0.717) is 17.5 Å². The van der Waals surface area contributed by atoms with Crippen molar-refractivity contribution in [1.82, 2.24) is 15.5 Å². The molecule has 0 amide bonds. The molecule has 0 bridgehead atoms. The normalized spacial score (nSPS) is 19.4. The van der Waals surface area contributed by atoms with Crippen molar-refractivity contribution in [3.63, 3.8) is 0 Å². The quantitative estimate of drug-likeness (QED) is 0.324. The number of nitrogens with one attached hydrogen (secondary N) is 2. The molecule has 166 valence electrons.